The molecule has 24 heavy (non-hydrogen) atoms. The van der Waals surface area contributed by atoms with E-state index in [4.69, 9.17) is 0 Å². The van der Waals surface area contributed by atoms with E-state index in [2.05, 4.69) is 56.2 Å². The molecule has 1 unspecified atom stereocenters. The van der Waals surface area contributed by atoms with Gasteiger partial charge in [0.25, 0.3) is 0 Å². The fourth-order valence-corrected chi connectivity index (χ4v) is 4.21. The topological polar surface area (TPSA) is 20.3 Å². The highest BCUT2D eigenvalue weighted by molar-refractivity contribution is 7.96. The molecule has 0 spiro atoms. The number of anilines is 1. The second-order valence-corrected chi connectivity index (χ2v) is 7.93. The quantitative estimate of drug-likeness (QED) is 0.517. The summed E-state index contributed by atoms with van der Waals surface area (Å²) in [7, 11) is -0.0646. The maximum Gasteiger partial charge on any atom is 0.214 e. The van der Waals surface area contributed by atoms with Crippen molar-refractivity contribution >= 4 is 22.4 Å². The SMILES string of the molecule is CCc1ccc(C(=O)C[S+](C)c2ccccc2)c(N(CC)CC)c1. The van der Waals surface area contributed by atoms with Gasteiger partial charge in [0.2, 0.25) is 5.78 Å². The lowest BCUT2D eigenvalue weighted by Crippen LogP contribution is -2.26. The third kappa shape index (κ3) is 4.41. The summed E-state index contributed by atoms with van der Waals surface area (Å²) in [5.41, 5.74) is 3.24. The molecule has 2 rings (SSSR count). The van der Waals surface area contributed by atoms with Gasteiger partial charge in [-0.1, -0.05) is 31.2 Å². The van der Waals surface area contributed by atoms with Crippen LogP contribution in [0.5, 0.6) is 0 Å². The molecule has 0 aliphatic carbocycles. The molecular formula is C21H28NOS+. The van der Waals surface area contributed by atoms with E-state index in [0.717, 1.165) is 30.8 Å². The van der Waals surface area contributed by atoms with Crippen LogP contribution in [-0.4, -0.2) is 30.9 Å². The van der Waals surface area contributed by atoms with Crippen LogP contribution in [0.4, 0.5) is 5.69 Å². The van der Waals surface area contributed by atoms with Gasteiger partial charge in [-0.15, -0.1) is 0 Å². The minimum absolute atomic E-state index is 0.0646. The Morgan fingerprint density at radius 1 is 1.00 bits per heavy atom. The smallest absolute Gasteiger partial charge is 0.214 e. The Kier molecular flexibility index (Phi) is 6.92. The Morgan fingerprint density at radius 2 is 1.67 bits per heavy atom. The summed E-state index contributed by atoms with van der Waals surface area (Å²) < 4.78 is 0. The van der Waals surface area contributed by atoms with Gasteiger partial charge in [-0.3, -0.25) is 4.79 Å². The van der Waals surface area contributed by atoms with Crippen molar-refractivity contribution in [3.8, 4) is 0 Å². The first-order valence-corrected chi connectivity index (χ1v) is 10.5. The predicted molar refractivity (Wildman–Crippen MR) is 107 cm³/mol. The highest BCUT2D eigenvalue weighted by atomic mass is 32.2. The minimum Gasteiger partial charge on any atom is -0.371 e. The molecule has 2 nitrogen and oxygen atoms in total. The van der Waals surface area contributed by atoms with Crippen molar-refractivity contribution < 1.29 is 4.79 Å². The number of Topliss-reactive ketones (excluding diaryl/α,β-unsaturated/α-hetero) is 1. The van der Waals surface area contributed by atoms with Crippen LogP contribution < -0.4 is 4.90 Å². The van der Waals surface area contributed by atoms with Crippen LogP contribution in [0.3, 0.4) is 0 Å². The molecular weight excluding hydrogens is 314 g/mol. The van der Waals surface area contributed by atoms with Gasteiger partial charge in [0, 0.05) is 35.2 Å². The maximum absolute atomic E-state index is 13.0. The zero-order valence-electron chi connectivity index (χ0n) is 15.2. The van der Waals surface area contributed by atoms with E-state index >= 15 is 0 Å². The molecule has 0 N–H and O–H groups in total. The number of carbonyl (C=O) groups excluding carboxylic acids is 1. The molecule has 1 atom stereocenters. The second kappa shape index (κ2) is 8.93. The summed E-state index contributed by atoms with van der Waals surface area (Å²) in [5.74, 6) is 0.818. The normalized spacial score (nSPS) is 12.0. The number of ketones is 1. The molecule has 3 heteroatoms. The van der Waals surface area contributed by atoms with Gasteiger partial charge >= 0.3 is 0 Å². The summed E-state index contributed by atoms with van der Waals surface area (Å²) in [6.45, 7) is 8.28. The summed E-state index contributed by atoms with van der Waals surface area (Å²) in [6, 6.07) is 16.6. The first kappa shape index (κ1) is 18.6. The number of nitrogens with zero attached hydrogens (tertiary/aromatic N) is 1. The van der Waals surface area contributed by atoms with Crippen LogP contribution in [0, 0.1) is 0 Å². The average molecular weight is 343 g/mol. The Morgan fingerprint density at radius 3 is 2.25 bits per heavy atom. The van der Waals surface area contributed by atoms with Crippen molar-refractivity contribution in [2.45, 2.75) is 32.1 Å². The first-order chi connectivity index (χ1) is 11.6. The Balaban J connectivity index is 2.28. The van der Waals surface area contributed by atoms with Crippen molar-refractivity contribution in [2.24, 2.45) is 0 Å². The molecule has 2 aromatic carbocycles. The number of hydrogen-bond acceptors (Lipinski definition) is 2. The van der Waals surface area contributed by atoms with E-state index in [1.165, 1.54) is 10.5 Å². The Bertz CT molecular complexity index is 665. The average Bonchev–Trinajstić information content (AvgIpc) is 2.63. The molecule has 2 aromatic rings. The van der Waals surface area contributed by atoms with Gasteiger partial charge in [-0.25, -0.2) is 0 Å². The number of aryl methyl sites for hydroxylation is 1. The summed E-state index contributed by atoms with van der Waals surface area (Å²) >= 11 is 0. The van der Waals surface area contributed by atoms with E-state index in [1.54, 1.807) is 0 Å². The molecule has 0 aliphatic rings. The standard InChI is InChI=1S/C21H28NOS/c1-5-17-13-14-19(20(15-17)22(6-2)7-3)21(23)16-24(4)18-11-9-8-10-12-18/h8-15H,5-7,16H2,1-4H3/q+1. The predicted octanol–water partition coefficient (Wildman–Crippen LogP) is 4.59. The lowest BCUT2D eigenvalue weighted by Gasteiger charge is -2.24. The fraction of sp³-hybridized carbons (Fsp3) is 0.381. The summed E-state index contributed by atoms with van der Waals surface area (Å²) in [5, 5.41) is 0. The van der Waals surface area contributed by atoms with Gasteiger partial charge in [0.1, 0.15) is 6.26 Å². The largest absolute Gasteiger partial charge is 0.371 e. The van der Waals surface area contributed by atoms with Crippen LogP contribution in [-0.2, 0) is 17.3 Å². The van der Waals surface area contributed by atoms with Crippen LogP contribution in [0.25, 0.3) is 0 Å². The zero-order valence-corrected chi connectivity index (χ0v) is 16.0. The van der Waals surface area contributed by atoms with Crippen LogP contribution in [0.15, 0.2) is 53.4 Å². The van der Waals surface area contributed by atoms with E-state index in [-0.39, 0.29) is 16.7 Å². The molecule has 0 saturated carbocycles. The number of hydrogen-bond donors (Lipinski definition) is 0. The molecule has 0 bridgehead atoms. The van der Waals surface area contributed by atoms with Gasteiger partial charge in [-0.2, -0.15) is 0 Å². The van der Waals surface area contributed by atoms with Crippen LogP contribution in [0.2, 0.25) is 0 Å². The Hall–Kier alpha value is -1.74. The number of benzene rings is 2. The summed E-state index contributed by atoms with van der Waals surface area (Å²) in [4.78, 5) is 16.5. The van der Waals surface area contributed by atoms with Crippen LogP contribution in [0.1, 0.15) is 36.7 Å². The molecule has 0 aliphatic heterocycles. The van der Waals surface area contributed by atoms with E-state index in [0.29, 0.717) is 5.75 Å². The third-order valence-corrected chi connectivity index (χ3v) is 6.14. The van der Waals surface area contributed by atoms with Crippen molar-refractivity contribution in [3.05, 3.63) is 59.7 Å². The van der Waals surface area contributed by atoms with Gasteiger partial charge in [0.15, 0.2) is 10.6 Å². The molecule has 0 fully saturated rings. The van der Waals surface area contributed by atoms with Crippen molar-refractivity contribution in [3.63, 3.8) is 0 Å². The molecule has 0 radical (unpaired) electrons. The molecule has 128 valence electrons. The third-order valence-electron chi connectivity index (χ3n) is 4.37. The highest BCUT2D eigenvalue weighted by Gasteiger charge is 2.24. The van der Waals surface area contributed by atoms with Crippen molar-refractivity contribution in [1.82, 2.24) is 0 Å². The van der Waals surface area contributed by atoms with E-state index in [1.807, 2.05) is 24.3 Å². The van der Waals surface area contributed by atoms with Gasteiger partial charge in [0.05, 0.1) is 0 Å². The monoisotopic (exact) mass is 342 g/mol. The molecule has 0 amide bonds. The van der Waals surface area contributed by atoms with Crippen LogP contribution >= 0.6 is 0 Å². The Labute approximate surface area is 149 Å². The summed E-state index contributed by atoms with van der Waals surface area (Å²) in [6.07, 6.45) is 3.15. The lowest BCUT2D eigenvalue weighted by atomic mass is 10.0. The lowest BCUT2D eigenvalue weighted by molar-refractivity contribution is 0.102. The maximum atomic E-state index is 13.0. The van der Waals surface area contributed by atoms with Gasteiger partial charge in [-0.05, 0) is 50.1 Å². The first-order valence-electron chi connectivity index (χ1n) is 8.69. The highest BCUT2D eigenvalue weighted by Crippen LogP contribution is 2.25. The minimum atomic E-state index is -0.0646. The fourth-order valence-electron chi connectivity index (χ4n) is 2.87. The van der Waals surface area contributed by atoms with E-state index < -0.39 is 0 Å². The molecule has 0 heterocycles. The molecule has 0 aromatic heterocycles. The zero-order chi connectivity index (χ0) is 17.5. The van der Waals surface area contributed by atoms with Crippen molar-refractivity contribution in [1.29, 1.82) is 0 Å². The number of carbonyl (C=O) groups is 1. The second-order valence-electron chi connectivity index (χ2n) is 5.90. The van der Waals surface area contributed by atoms with Crippen molar-refractivity contribution in [2.75, 3.05) is 30.0 Å². The van der Waals surface area contributed by atoms with Gasteiger partial charge < -0.3 is 4.90 Å². The molecule has 0 saturated heterocycles. The van der Waals surface area contributed by atoms with E-state index in [9.17, 15) is 4.79 Å². The number of rotatable bonds is 8.